The Morgan fingerprint density at radius 3 is 2.75 bits per heavy atom. The molecule has 1 aliphatic rings. The summed E-state index contributed by atoms with van der Waals surface area (Å²) in [4.78, 5) is 2.50. The van der Waals surface area contributed by atoms with E-state index in [1.54, 1.807) is 6.07 Å². The first-order valence-corrected chi connectivity index (χ1v) is 7.92. The van der Waals surface area contributed by atoms with Gasteiger partial charge < -0.3 is 10.4 Å². The summed E-state index contributed by atoms with van der Waals surface area (Å²) in [5.41, 5.74) is 1.21. The summed E-state index contributed by atoms with van der Waals surface area (Å²) in [5.74, 6) is 1.18. The van der Waals surface area contributed by atoms with Crippen LogP contribution in [0.3, 0.4) is 0 Å². The standard InChI is InChI=1S/C17H28N2O/c1-3-9-18-14(2)16-7-10-19(11-8-16)13-15-5-4-6-17(20)12-15/h4-6,12,14,16,18,20H,3,7-11,13H2,1-2H3. The van der Waals surface area contributed by atoms with Crippen molar-refractivity contribution in [2.75, 3.05) is 19.6 Å². The van der Waals surface area contributed by atoms with Crippen LogP contribution in [0.25, 0.3) is 0 Å². The van der Waals surface area contributed by atoms with Crippen molar-refractivity contribution < 1.29 is 5.11 Å². The number of nitrogens with one attached hydrogen (secondary N) is 1. The minimum Gasteiger partial charge on any atom is -0.508 e. The molecule has 0 amide bonds. The van der Waals surface area contributed by atoms with E-state index in [-0.39, 0.29) is 0 Å². The molecule has 0 radical (unpaired) electrons. The summed E-state index contributed by atoms with van der Waals surface area (Å²) >= 11 is 0. The van der Waals surface area contributed by atoms with Crippen LogP contribution in [0.15, 0.2) is 24.3 Å². The predicted molar refractivity (Wildman–Crippen MR) is 83.9 cm³/mol. The minimum atomic E-state index is 0.370. The molecule has 3 nitrogen and oxygen atoms in total. The molecule has 0 aliphatic carbocycles. The molecule has 0 bridgehead atoms. The smallest absolute Gasteiger partial charge is 0.115 e. The SMILES string of the molecule is CCCNC(C)C1CCN(Cc2cccc(O)c2)CC1. The average molecular weight is 276 g/mol. The number of nitrogens with zero attached hydrogens (tertiary/aromatic N) is 1. The van der Waals surface area contributed by atoms with Gasteiger partial charge in [0.2, 0.25) is 0 Å². The maximum absolute atomic E-state index is 9.51. The minimum absolute atomic E-state index is 0.370. The third kappa shape index (κ3) is 4.50. The summed E-state index contributed by atoms with van der Waals surface area (Å²) in [7, 11) is 0. The fraction of sp³-hybridized carbons (Fsp3) is 0.647. The molecule has 112 valence electrons. The van der Waals surface area contributed by atoms with Gasteiger partial charge in [-0.1, -0.05) is 19.1 Å². The lowest BCUT2D eigenvalue weighted by Gasteiger charge is -2.35. The average Bonchev–Trinajstić information content (AvgIpc) is 2.45. The molecular weight excluding hydrogens is 248 g/mol. The van der Waals surface area contributed by atoms with Gasteiger partial charge in [-0.05, 0) is 69.4 Å². The Morgan fingerprint density at radius 2 is 2.10 bits per heavy atom. The maximum atomic E-state index is 9.51. The number of piperidine rings is 1. The second-order valence-corrected chi connectivity index (χ2v) is 6.03. The Hall–Kier alpha value is -1.06. The Balaban J connectivity index is 1.76. The zero-order valence-electron chi connectivity index (χ0n) is 12.8. The molecule has 1 aliphatic heterocycles. The number of likely N-dealkylation sites (tertiary alicyclic amines) is 1. The molecule has 2 rings (SSSR count). The number of benzene rings is 1. The molecule has 1 heterocycles. The molecule has 1 fully saturated rings. The predicted octanol–water partition coefficient (Wildman–Crippen LogP) is 2.99. The van der Waals surface area contributed by atoms with E-state index in [0.717, 1.165) is 19.0 Å². The van der Waals surface area contributed by atoms with E-state index in [4.69, 9.17) is 0 Å². The highest BCUT2D eigenvalue weighted by Gasteiger charge is 2.23. The number of hydrogen-bond acceptors (Lipinski definition) is 3. The van der Waals surface area contributed by atoms with E-state index in [1.807, 2.05) is 12.1 Å². The number of phenols is 1. The van der Waals surface area contributed by atoms with E-state index in [0.29, 0.717) is 11.8 Å². The van der Waals surface area contributed by atoms with Crippen LogP contribution in [0.1, 0.15) is 38.7 Å². The number of hydrogen-bond donors (Lipinski definition) is 2. The second kappa shape index (κ2) is 7.65. The molecule has 1 unspecified atom stereocenters. The van der Waals surface area contributed by atoms with Crippen molar-refractivity contribution in [1.82, 2.24) is 10.2 Å². The van der Waals surface area contributed by atoms with Gasteiger partial charge in [0.05, 0.1) is 0 Å². The summed E-state index contributed by atoms with van der Waals surface area (Å²) in [5, 5.41) is 13.1. The summed E-state index contributed by atoms with van der Waals surface area (Å²) in [6.07, 6.45) is 3.76. The third-order valence-electron chi connectivity index (χ3n) is 4.37. The van der Waals surface area contributed by atoms with Crippen LogP contribution >= 0.6 is 0 Å². The molecule has 0 aromatic heterocycles. The van der Waals surface area contributed by atoms with Gasteiger partial charge >= 0.3 is 0 Å². The Morgan fingerprint density at radius 1 is 1.35 bits per heavy atom. The highest BCUT2D eigenvalue weighted by Crippen LogP contribution is 2.22. The van der Waals surface area contributed by atoms with Crippen LogP contribution < -0.4 is 5.32 Å². The summed E-state index contributed by atoms with van der Waals surface area (Å²) in [6.45, 7) is 8.96. The van der Waals surface area contributed by atoms with E-state index in [2.05, 4.69) is 30.1 Å². The van der Waals surface area contributed by atoms with Gasteiger partial charge in [-0.15, -0.1) is 0 Å². The fourth-order valence-corrected chi connectivity index (χ4v) is 3.06. The molecule has 3 heteroatoms. The van der Waals surface area contributed by atoms with E-state index >= 15 is 0 Å². The molecular formula is C17H28N2O. The Bertz CT molecular complexity index is 400. The normalized spacial score (nSPS) is 19.1. The number of rotatable bonds is 6. The summed E-state index contributed by atoms with van der Waals surface area (Å²) < 4.78 is 0. The van der Waals surface area contributed by atoms with Crippen molar-refractivity contribution in [3.05, 3.63) is 29.8 Å². The highest BCUT2D eigenvalue weighted by molar-refractivity contribution is 5.27. The maximum Gasteiger partial charge on any atom is 0.115 e. The molecule has 1 atom stereocenters. The monoisotopic (exact) mass is 276 g/mol. The van der Waals surface area contributed by atoms with Crippen LogP contribution in [-0.2, 0) is 6.54 Å². The van der Waals surface area contributed by atoms with E-state index < -0.39 is 0 Å². The molecule has 2 N–H and O–H groups in total. The van der Waals surface area contributed by atoms with Crippen molar-refractivity contribution in [3.8, 4) is 5.75 Å². The highest BCUT2D eigenvalue weighted by atomic mass is 16.3. The first kappa shape index (κ1) is 15.3. The van der Waals surface area contributed by atoms with Crippen molar-refractivity contribution >= 4 is 0 Å². The largest absolute Gasteiger partial charge is 0.508 e. The molecule has 0 spiro atoms. The van der Waals surface area contributed by atoms with Gasteiger partial charge in [0, 0.05) is 12.6 Å². The van der Waals surface area contributed by atoms with Crippen LogP contribution in [0.2, 0.25) is 0 Å². The quantitative estimate of drug-likeness (QED) is 0.838. The first-order valence-electron chi connectivity index (χ1n) is 7.92. The van der Waals surface area contributed by atoms with Crippen molar-refractivity contribution in [2.24, 2.45) is 5.92 Å². The number of aromatic hydroxyl groups is 1. The van der Waals surface area contributed by atoms with E-state index in [1.165, 1.54) is 37.9 Å². The fourth-order valence-electron chi connectivity index (χ4n) is 3.06. The first-order chi connectivity index (χ1) is 9.69. The lowest BCUT2D eigenvalue weighted by atomic mass is 9.90. The lowest BCUT2D eigenvalue weighted by molar-refractivity contribution is 0.156. The Kier molecular flexibility index (Phi) is 5.86. The Labute approximate surface area is 123 Å². The third-order valence-corrected chi connectivity index (χ3v) is 4.37. The van der Waals surface area contributed by atoms with E-state index in [9.17, 15) is 5.11 Å². The lowest BCUT2D eigenvalue weighted by Crippen LogP contribution is -2.41. The van der Waals surface area contributed by atoms with Gasteiger partial charge in [-0.3, -0.25) is 4.90 Å². The molecule has 0 saturated carbocycles. The second-order valence-electron chi connectivity index (χ2n) is 6.03. The molecule has 1 aromatic carbocycles. The van der Waals surface area contributed by atoms with Gasteiger partial charge in [-0.25, -0.2) is 0 Å². The van der Waals surface area contributed by atoms with Crippen molar-refractivity contribution in [3.63, 3.8) is 0 Å². The van der Waals surface area contributed by atoms with Crippen LogP contribution in [0, 0.1) is 5.92 Å². The summed E-state index contributed by atoms with van der Waals surface area (Å²) in [6, 6.07) is 8.26. The van der Waals surface area contributed by atoms with Crippen LogP contribution in [0.4, 0.5) is 0 Å². The number of phenolic OH excluding ortho intramolecular Hbond substituents is 1. The van der Waals surface area contributed by atoms with Crippen molar-refractivity contribution in [2.45, 2.75) is 45.7 Å². The van der Waals surface area contributed by atoms with Gasteiger partial charge in [0.15, 0.2) is 0 Å². The molecule has 1 aromatic rings. The van der Waals surface area contributed by atoms with Crippen LogP contribution in [0.5, 0.6) is 5.75 Å². The van der Waals surface area contributed by atoms with Crippen LogP contribution in [-0.4, -0.2) is 35.7 Å². The molecule has 1 saturated heterocycles. The zero-order valence-corrected chi connectivity index (χ0v) is 12.8. The molecule has 20 heavy (non-hydrogen) atoms. The topological polar surface area (TPSA) is 35.5 Å². The zero-order chi connectivity index (χ0) is 14.4. The van der Waals surface area contributed by atoms with Crippen molar-refractivity contribution in [1.29, 1.82) is 0 Å². The van der Waals surface area contributed by atoms with Gasteiger partial charge in [-0.2, -0.15) is 0 Å². The van der Waals surface area contributed by atoms with Gasteiger partial charge in [0.25, 0.3) is 0 Å². The van der Waals surface area contributed by atoms with Gasteiger partial charge in [0.1, 0.15) is 5.75 Å².